The molecule has 0 saturated carbocycles. The largest absolute Gasteiger partial charge is 0.496 e. The van der Waals surface area contributed by atoms with E-state index < -0.39 is 5.97 Å². The standard InChI is InChI=1S/C16H11ClO3/c1-20-15-6-5-10(16(18)19)12-7-9-3-2-4-14(17)11(9)8-13(12)15/h2-8H,1H3,(H,18,19). The second-order valence-corrected chi connectivity index (χ2v) is 4.89. The van der Waals surface area contributed by atoms with Gasteiger partial charge in [0.15, 0.2) is 0 Å². The van der Waals surface area contributed by atoms with E-state index >= 15 is 0 Å². The fourth-order valence-electron chi connectivity index (χ4n) is 2.42. The van der Waals surface area contributed by atoms with Crippen molar-refractivity contribution in [2.45, 2.75) is 0 Å². The minimum absolute atomic E-state index is 0.252. The van der Waals surface area contributed by atoms with Crippen molar-refractivity contribution in [3.8, 4) is 5.75 Å². The second-order valence-electron chi connectivity index (χ2n) is 4.48. The Morgan fingerprint density at radius 2 is 1.90 bits per heavy atom. The lowest BCUT2D eigenvalue weighted by Crippen LogP contribution is -1.98. The Morgan fingerprint density at radius 1 is 1.10 bits per heavy atom. The number of carboxylic acids is 1. The van der Waals surface area contributed by atoms with Crippen LogP contribution in [-0.2, 0) is 0 Å². The Hall–Kier alpha value is -2.26. The lowest BCUT2D eigenvalue weighted by Gasteiger charge is -2.10. The van der Waals surface area contributed by atoms with Crippen LogP contribution in [0.3, 0.4) is 0 Å². The number of carboxylic acid groups (broad SMARTS) is 1. The van der Waals surface area contributed by atoms with Crippen LogP contribution in [0.25, 0.3) is 21.5 Å². The van der Waals surface area contributed by atoms with Crippen molar-refractivity contribution in [3.05, 3.63) is 53.1 Å². The third kappa shape index (κ3) is 1.87. The average Bonchev–Trinajstić information content (AvgIpc) is 2.44. The summed E-state index contributed by atoms with van der Waals surface area (Å²) in [5, 5.41) is 13.1. The number of halogens is 1. The third-order valence-electron chi connectivity index (χ3n) is 3.37. The van der Waals surface area contributed by atoms with Crippen LogP contribution in [-0.4, -0.2) is 18.2 Å². The van der Waals surface area contributed by atoms with Gasteiger partial charge < -0.3 is 9.84 Å². The lowest BCUT2D eigenvalue weighted by atomic mass is 9.99. The van der Waals surface area contributed by atoms with E-state index in [9.17, 15) is 9.90 Å². The molecule has 0 saturated heterocycles. The van der Waals surface area contributed by atoms with Gasteiger partial charge in [0.05, 0.1) is 12.7 Å². The highest BCUT2D eigenvalue weighted by atomic mass is 35.5. The molecule has 0 radical (unpaired) electrons. The highest BCUT2D eigenvalue weighted by Gasteiger charge is 2.13. The number of hydrogen-bond donors (Lipinski definition) is 1. The van der Waals surface area contributed by atoms with Gasteiger partial charge in [-0.05, 0) is 35.7 Å². The molecule has 0 heterocycles. The molecule has 0 aliphatic rings. The Morgan fingerprint density at radius 3 is 2.60 bits per heavy atom. The molecule has 0 aliphatic heterocycles. The molecular formula is C16H11ClO3. The number of fused-ring (bicyclic) bond motifs is 2. The summed E-state index contributed by atoms with van der Waals surface area (Å²) in [7, 11) is 1.56. The highest BCUT2D eigenvalue weighted by molar-refractivity contribution is 6.36. The molecule has 20 heavy (non-hydrogen) atoms. The summed E-state index contributed by atoms with van der Waals surface area (Å²) in [6.45, 7) is 0. The van der Waals surface area contributed by atoms with Crippen LogP contribution in [0.15, 0.2) is 42.5 Å². The van der Waals surface area contributed by atoms with Crippen LogP contribution in [0, 0.1) is 0 Å². The molecule has 0 unspecified atom stereocenters. The number of ether oxygens (including phenoxy) is 1. The van der Waals surface area contributed by atoms with Gasteiger partial charge in [0, 0.05) is 21.2 Å². The van der Waals surface area contributed by atoms with Gasteiger partial charge in [-0.25, -0.2) is 4.79 Å². The van der Waals surface area contributed by atoms with E-state index in [-0.39, 0.29) is 5.56 Å². The summed E-state index contributed by atoms with van der Waals surface area (Å²) in [6, 6.07) is 12.5. The van der Waals surface area contributed by atoms with Crippen LogP contribution in [0.1, 0.15) is 10.4 Å². The van der Waals surface area contributed by atoms with Gasteiger partial charge in [0.1, 0.15) is 5.75 Å². The highest BCUT2D eigenvalue weighted by Crippen LogP contribution is 2.34. The molecular weight excluding hydrogens is 276 g/mol. The van der Waals surface area contributed by atoms with Crippen molar-refractivity contribution in [1.82, 2.24) is 0 Å². The van der Waals surface area contributed by atoms with E-state index in [1.807, 2.05) is 30.3 Å². The summed E-state index contributed by atoms with van der Waals surface area (Å²) in [6.07, 6.45) is 0. The van der Waals surface area contributed by atoms with E-state index in [0.717, 1.165) is 16.2 Å². The molecule has 3 rings (SSSR count). The fraction of sp³-hybridized carbons (Fsp3) is 0.0625. The van der Waals surface area contributed by atoms with Crippen molar-refractivity contribution < 1.29 is 14.6 Å². The zero-order chi connectivity index (χ0) is 14.3. The normalized spacial score (nSPS) is 10.9. The summed E-state index contributed by atoms with van der Waals surface area (Å²) >= 11 is 6.20. The topological polar surface area (TPSA) is 46.5 Å². The number of aromatic carboxylic acids is 1. The summed E-state index contributed by atoms with van der Waals surface area (Å²) in [4.78, 5) is 11.4. The zero-order valence-electron chi connectivity index (χ0n) is 10.7. The van der Waals surface area contributed by atoms with Crippen molar-refractivity contribution in [3.63, 3.8) is 0 Å². The number of hydrogen-bond acceptors (Lipinski definition) is 2. The van der Waals surface area contributed by atoms with Crippen LogP contribution in [0.4, 0.5) is 0 Å². The second kappa shape index (κ2) is 4.69. The van der Waals surface area contributed by atoms with Crippen molar-refractivity contribution in [1.29, 1.82) is 0 Å². The van der Waals surface area contributed by atoms with Gasteiger partial charge in [0.2, 0.25) is 0 Å². The number of methoxy groups -OCH3 is 1. The number of rotatable bonds is 2. The third-order valence-corrected chi connectivity index (χ3v) is 3.70. The van der Waals surface area contributed by atoms with E-state index in [0.29, 0.717) is 16.2 Å². The average molecular weight is 287 g/mol. The van der Waals surface area contributed by atoms with E-state index in [2.05, 4.69) is 0 Å². The SMILES string of the molecule is COc1ccc(C(=O)O)c2cc3cccc(Cl)c3cc12. The first kappa shape index (κ1) is 12.8. The molecule has 0 aliphatic carbocycles. The number of carbonyl (C=O) groups is 1. The van der Waals surface area contributed by atoms with Gasteiger partial charge in [0.25, 0.3) is 0 Å². The van der Waals surface area contributed by atoms with Gasteiger partial charge in [-0.15, -0.1) is 0 Å². The molecule has 0 atom stereocenters. The first-order valence-electron chi connectivity index (χ1n) is 6.04. The Labute approximate surface area is 120 Å². The van der Waals surface area contributed by atoms with Gasteiger partial charge in [-0.3, -0.25) is 0 Å². The van der Waals surface area contributed by atoms with E-state index in [1.54, 1.807) is 19.2 Å². The Bertz CT molecular complexity index is 840. The quantitative estimate of drug-likeness (QED) is 0.712. The van der Waals surface area contributed by atoms with Crippen molar-refractivity contribution in [2.75, 3.05) is 7.11 Å². The fourth-order valence-corrected chi connectivity index (χ4v) is 2.65. The summed E-state index contributed by atoms with van der Waals surface area (Å²) in [5.41, 5.74) is 0.252. The smallest absolute Gasteiger partial charge is 0.336 e. The van der Waals surface area contributed by atoms with Crippen LogP contribution >= 0.6 is 11.6 Å². The van der Waals surface area contributed by atoms with E-state index in [4.69, 9.17) is 16.3 Å². The Kier molecular flexibility index (Phi) is 2.99. The molecule has 100 valence electrons. The van der Waals surface area contributed by atoms with Crippen LogP contribution < -0.4 is 4.74 Å². The molecule has 0 fully saturated rings. The molecule has 0 amide bonds. The molecule has 3 aromatic rings. The van der Waals surface area contributed by atoms with E-state index in [1.165, 1.54) is 0 Å². The molecule has 0 spiro atoms. The first-order valence-corrected chi connectivity index (χ1v) is 6.42. The van der Waals surface area contributed by atoms with Gasteiger partial charge in [-0.1, -0.05) is 23.7 Å². The monoisotopic (exact) mass is 286 g/mol. The predicted molar refractivity (Wildman–Crippen MR) is 80.0 cm³/mol. The molecule has 4 heteroatoms. The predicted octanol–water partition coefficient (Wildman–Crippen LogP) is 4.35. The molecule has 0 bridgehead atoms. The minimum atomic E-state index is -0.959. The summed E-state index contributed by atoms with van der Waals surface area (Å²) in [5.74, 6) is -0.328. The molecule has 3 nitrogen and oxygen atoms in total. The number of benzene rings is 3. The van der Waals surface area contributed by atoms with Crippen molar-refractivity contribution in [2.24, 2.45) is 0 Å². The van der Waals surface area contributed by atoms with Crippen molar-refractivity contribution >= 4 is 39.1 Å². The molecule has 3 aromatic carbocycles. The maximum Gasteiger partial charge on any atom is 0.336 e. The molecule has 0 aromatic heterocycles. The summed E-state index contributed by atoms with van der Waals surface area (Å²) < 4.78 is 5.31. The maximum atomic E-state index is 11.4. The molecule has 1 N–H and O–H groups in total. The minimum Gasteiger partial charge on any atom is -0.496 e. The maximum absolute atomic E-state index is 11.4. The first-order chi connectivity index (χ1) is 9.61. The van der Waals surface area contributed by atoms with Crippen LogP contribution in [0.2, 0.25) is 5.02 Å². The van der Waals surface area contributed by atoms with Gasteiger partial charge in [-0.2, -0.15) is 0 Å². The lowest BCUT2D eigenvalue weighted by molar-refractivity contribution is 0.0699. The van der Waals surface area contributed by atoms with Gasteiger partial charge >= 0.3 is 5.97 Å². The van der Waals surface area contributed by atoms with Crippen LogP contribution in [0.5, 0.6) is 5.75 Å². The Balaban J connectivity index is 2.51. The zero-order valence-corrected chi connectivity index (χ0v) is 11.4.